The van der Waals surface area contributed by atoms with Crippen LogP contribution in [0.3, 0.4) is 0 Å². The van der Waals surface area contributed by atoms with Gasteiger partial charge in [0.15, 0.2) is 5.76 Å². The highest BCUT2D eigenvalue weighted by molar-refractivity contribution is 4.82. The van der Waals surface area contributed by atoms with Crippen LogP contribution in [-0.2, 0) is 0 Å². The van der Waals surface area contributed by atoms with Gasteiger partial charge in [-0.15, -0.1) is 0 Å². The van der Waals surface area contributed by atoms with Gasteiger partial charge in [-0.25, -0.2) is 0 Å². The zero-order valence-electron chi connectivity index (χ0n) is 3.34. The lowest BCUT2D eigenvalue weighted by molar-refractivity contribution is 0.159. The van der Waals surface area contributed by atoms with E-state index in [2.05, 4.69) is 0 Å². The molecule has 0 atom stereocenters. The van der Waals surface area contributed by atoms with Crippen molar-refractivity contribution in [2.24, 2.45) is 0 Å². The summed E-state index contributed by atoms with van der Waals surface area (Å²) in [4.78, 5) is 0. The maximum Gasteiger partial charge on any atom is 0.313 e. The molecule has 6 heavy (non-hydrogen) atoms. The van der Waals surface area contributed by atoms with Gasteiger partial charge in [0.1, 0.15) is 0 Å². The molecule has 0 rings (SSSR count). The molecule has 0 radical (unpaired) electrons. The van der Waals surface area contributed by atoms with Crippen molar-refractivity contribution in [1.82, 2.24) is 0 Å². The van der Waals surface area contributed by atoms with Crippen molar-refractivity contribution in [3.63, 3.8) is 0 Å². The summed E-state index contributed by atoms with van der Waals surface area (Å²) in [6.07, 6.45) is 0. The topological polar surface area (TPSA) is 60.7 Å². The number of hydrogen-bond donors (Lipinski definition) is 3. The molecular weight excluding hydrogens is 84.0 g/mol. The van der Waals surface area contributed by atoms with E-state index in [1.165, 1.54) is 6.92 Å². The number of aliphatic hydroxyl groups excluding tert-OH is 2. The van der Waals surface area contributed by atoms with Gasteiger partial charge in [0.05, 0.1) is 0 Å². The predicted octanol–water partition coefficient (Wildman–Crippen LogP) is 0.849. The van der Waals surface area contributed by atoms with Crippen LogP contribution < -0.4 is 0 Å². The van der Waals surface area contributed by atoms with E-state index in [9.17, 15) is 0 Å². The van der Waals surface area contributed by atoms with Gasteiger partial charge in [0.25, 0.3) is 0 Å². The summed E-state index contributed by atoms with van der Waals surface area (Å²) in [5.74, 6) is -1.48. The molecule has 0 aliphatic rings. The molecule has 0 saturated carbocycles. The Morgan fingerprint density at radius 3 is 1.33 bits per heavy atom. The molecule has 3 heteroatoms. The fourth-order valence-corrected chi connectivity index (χ4v) is 0. The highest BCUT2D eigenvalue weighted by Gasteiger charge is 1.86. The van der Waals surface area contributed by atoms with Crippen LogP contribution in [0.1, 0.15) is 6.92 Å². The minimum atomic E-state index is -1.02. The van der Waals surface area contributed by atoms with Gasteiger partial charge in [-0.05, 0) is 0 Å². The highest BCUT2D eigenvalue weighted by Crippen LogP contribution is 1.86. The van der Waals surface area contributed by atoms with Crippen LogP contribution in [0.2, 0.25) is 0 Å². The number of hydrogen-bond acceptors (Lipinski definition) is 3. The highest BCUT2D eigenvalue weighted by atomic mass is 16.5. The second kappa shape index (κ2) is 1.55. The Balaban J connectivity index is 3.68. The zero-order chi connectivity index (χ0) is 5.15. The van der Waals surface area contributed by atoms with Crippen LogP contribution in [-0.4, -0.2) is 15.3 Å². The van der Waals surface area contributed by atoms with Gasteiger partial charge in [-0.2, -0.15) is 0 Å². The second-order valence-electron chi connectivity index (χ2n) is 0.909. The van der Waals surface area contributed by atoms with Crippen molar-refractivity contribution in [3.05, 3.63) is 11.7 Å². The Morgan fingerprint density at radius 2 is 1.33 bits per heavy atom. The van der Waals surface area contributed by atoms with Crippen LogP contribution in [0.5, 0.6) is 0 Å². The number of rotatable bonds is 0. The number of aliphatic hydroxyl groups is 3. The minimum Gasteiger partial charge on any atom is -0.506 e. The lowest BCUT2D eigenvalue weighted by Gasteiger charge is -1.84. The predicted molar refractivity (Wildman–Crippen MR) is 20.6 cm³/mol. The summed E-state index contributed by atoms with van der Waals surface area (Å²) in [5, 5.41) is 23.6. The Kier molecular flexibility index (Phi) is 1.32. The first-order valence-electron chi connectivity index (χ1n) is 1.42. The quantitative estimate of drug-likeness (QED) is 0.386. The average molecular weight is 90.1 g/mol. The lowest BCUT2D eigenvalue weighted by Crippen LogP contribution is -1.80. The summed E-state index contributed by atoms with van der Waals surface area (Å²) in [6.45, 7) is 1.18. The molecule has 3 nitrogen and oxygen atoms in total. The van der Waals surface area contributed by atoms with E-state index in [1.807, 2.05) is 0 Å². The third-order valence-corrected chi connectivity index (χ3v) is 0.324. The molecule has 0 aliphatic carbocycles. The summed E-state index contributed by atoms with van der Waals surface area (Å²) in [6, 6.07) is 0. The molecule has 3 N–H and O–H groups in total. The third-order valence-electron chi connectivity index (χ3n) is 0.324. The molecule has 0 bridgehead atoms. The molecule has 0 amide bonds. The lowest BCUT2D eigenvalue weighted by atomic mass is 10.6. The molecule has 0 aromatic carbocycles. The van der Waals surface area contributed by atoms with Crippen molar-refractivity contribution >= 4 is 0 Å². The van der Waals surface area contributed by atoms with Crippen molar-refractivity contribution in [2.75, 3.05) is 0 Å². The first kappa shape index (κ1) is 5.14. The summed E-state index contributed by atoms with van der Waals surface area (Å²) < 4.78 is 0. The third kappa shape index (κ3) is 1.46. The Labute approximate surface area is 35.2 Å². The van der Waals surface area contributed by atoms with Crippen LogP contribution in [0.15, 0.2) is 11.7 Å². The molecule has 0 aromatic heterocycles. The second-order valence-corrected chi connectivity index (χ2v) is 0.909. The molecule has 0 aromatic rings. The Morgan fingerprint density at radius 1 is 1.17 bits per heavy atom. The SMILES string of the molecule is CC(O)=C(O)O. The van der Waals surface area contributed by atoms with Crippen LogP contribution in [0.4, 0.5) is 0 Å². The van der Waals surface area contributed by atoms with Gasteiger partial charge in [-0.3, -0.25) is 0 Å². The maximum atomic E-state index is 8.01. The van der Waals surface area contributed by atoms with Gasteiger partial charge < -0.3 is 15.3 Å². The standard InChI is InChI=1S/C3H6O3/c1-2(4)3(5)6/h4-6H,1H3. The Hall–Kier alpha value is -0.860. The molecule has 0 heterocycles. The number of allylic oxidation sites excluding steroid dienone is 1. The fourth-order valence-electron chi connectivity index (χ4n) is 0. The average Bonchev–Trinajstić information content (AvgIpc) is 1.36. The van der Waals surface area contributed by atoms with E-state index < -0.39 is 11.7 Å². The Bertz CT molecular complexity index is 56.1. The van der Waals surface area contributed by atoms with E-state index in [4.69, 9.17) is 15.3 Å². The van der Waals surface area contributed by atoms with Crippen molar-refractivity contribution in [3.8, 4) is 0 Å². The van der Waals surface area contributed by atoms with Crippen molar-refractivity contribution < 1.29 is 15.3 Å². The minimum absolute atomic E-state index is 0.463. The normalized spacial score (nSPS) is 7.50. The largest absolute Gasteiger partial charge is 0.506 e. The zero-order valence-corrected chi connectivity index (χ0v) is 3.34. The molecule has 0 aliphatic heterocycles. The van der Waals surface area contributed by atoms with E-state index >= 15 is 0 Å². The summed E-state index contributed by atoms with van der Waals surface area (Å²) >= 11 is 0. The smallest absolute Gasteiger partial charge is 0.313 e. The van der Waals surface area contributed by atoms with E-state index in [0.717, 1.165) is 0 Å². The van der Waals surface area contributed by atoms with Gasteiger partial charge in [0.2, 0.25) is 0 Å². The van der Waals surface area contributed by atoms with Gasteiger partial charge in [0, 0.05) is 6.92 Å². The van der Waals surface area contributed by atoms with E-state index in [0.29, 0.717) is 0 Å². The fraction of sp³-hybridized carbons (Fsp3) is 0.333. The molecule has 0 unspecified atom stereocenters. The first-order chi connectivity index (χ1) is 2.64. The van der Waals surface area contributed by atoms with Crippen molar-refractivity contribution in [2.45, 2.75) is 6.92 Å². The molecule has 0 spiro atoms. The first-order valence-corrected chi connectivity index (χ1v) is 1.42. The monoisotopic (exact) mass is 90.0 g/mol. The molecular formula is C3H6O3. The summed E-state index contributed by atoms with van der Waals surface area (Å²) in [5.41, 5.74) is 0. The van der Waals surface area contributed by atoms with Crippen molar-refractivity contribution in [1.29, 1.82) is 0 Å². The maximum absolute atomic E-state index is 8.01. The summed E-state index contributed by atoms with van der Waals surface area (Å²) in [7, 11) is 0. The van der Waals surface area contributed by atoms with Crippen LogP contribution >= 0.6 is 0 Å². The van der Waals surface area contributed by atoms with Crippen LogP contribution in [0, 0.1) is 0 Å². The van der Waals surface area contributed by atoms with Gasteiger partial charge >= 0.3 is 5.95 Å². The van der Waals surface area contributed by atoms with Crippen LogP contribution in [0.25, 0.3) is 0 Å². The van der Waals surface area contributed by atoms with E-state index in [1.54, 1.807) is 0 Å². The molecule has 0 fully saturated rings. The molecule has 36 valence electrons. The molecule has 0 saturated heterocycles. The van der Waals surface area contributed by atoms with E-state index in [-0.39, 0.29) is 0 Å². The van der Waals surface area contributed by atoms with Gasteiger partial charge in [-0.1, -0.05) is 0 Å².